The van der Waals surface area contributed by atoms with E-state index in [1.807, 2.05) is 19.1 Å². The first-order valence-corrected chi connectivity index (χ1v) is 18.4. The zero-order valence-electron chi connectivity index (χ0n) is 27.0. The fourth-order valence-electron chi connectivity index (χ4n) is 7.41. The number of fused-ring (bicyclic) bond motifs is 8. The van der Waals surface area contributed by atoms with E-state index in [0.29, 0.717) is 79.7 Å². The lowest BCUT2D eigenvalue weighted by Crippen LogP contribution is -2.43. The Bertz CT molecular complexity index is 1770. The van der Waals surface area contributed by atoms with Crippen molar-refractivity contribution in [1.82, 2.24) is 19.4 Å². The summed E-state index contributed by atoms with van der Waals surface area (Å²) in [5, 5.41) is 4.07. The number of allylic oxidation sites excluding steroid dienone is 2. The van der Waals surface area contributed by atoms with Crippen LogP contribution in [-0.4, -0.2) is 59.0 Å². The number of alkyl halides is 2. The molecule has 248 valence electrons. The zero-order valence-corrected chi connectivity index (χ0v) is 27.8. The summed E-state index contributed by atoms with van der Waals surface area (Å²) >= 11 is 0. The van der Waals surface area contributed by atoms with Gasteiger partial charge in [0.1, 0.15) is 27.6 Å². The summed E-state index contributed by atoms with van der Waals surface area (Å²) in [6, 6.07) is 8.13. The smallest absolute Gasteiger partial charge is 0.276 e. The predicted octanol–water partition coefficient (Wildman–Crippen LogP) is 6.44. The van der Waals surface area contributed by atoms with E-state index in [-0.39, 0.29) is 40.0 Å². The van der Waals surface area contributed by atoms with Gasteiger partial charge in [-0.1, -0.05) is 44.2 Å². The largest absolute Gasteiger partial charge is 0.363 e. The van der Waals surface area contributed by atoms with Gasteiger partial charge >= 0.3 is 0 Å². The van der Waals surface area contributed by atoms with Gasteiger partial charge in [-0.15, -0.1) is 0 Å². The fourth-order valence-corrected chi connectivity index (χ4v) is 8.90. The van der Waals surface area contributed by atoms with Crippen molar-refractivity contribution in [3.05, 3.63) is 75.9 Å². The lowest BCUT2D eigenvalue weighted by atomic mass is 9.83. The molecule has 6 heterocycles. The molecule has 8 bridgehead atoms. The van der Waals surface area contributed by atoms with Crippen LogP contribution >= 0.6 is 0 Å². The molecule has 7 rings (SSSR count). The summed E-state index contributed by atoms with van der Waals surface area (Å²) in [5.74, 6) is -3.23. The van der Waals surface area contributed by atoms with Crippen LogP contribution in [0.5, 0.6) is 0 Å². The van der Waals surface area contributed by atoms with E-state index in [0.717, 1.165) is 13.0 Å². The number of piperidine rings is 1. The zero-order chi connectivity index (χ0) is 32.7. The molecule has 0 radical (unpaired) electrons. The number of sulfone groups is 1. The molecule has 4 aliphatic heterocycles. The highest BCUT2D eigenvalue weighted by atomic mass is 32.2. The molecule has 2 fully saturated rings. The molecule has 2 aromatic heterocycles. The minimum atomic E-state index is -3.11. The monoisotopic (exact) mass is 653 g/mol. The van der Waals surface area contributed by atoms with Gasteiger partial charge in [0, 0.05) is 36.2 Å². The molecule has 0 amide bonds. The number of hydrogen-bond donors (Lipinski definition) is 1. The molecule has 3 aromatic rings. The predicted molar refractivity (Wildman–Crippen MR) is 178 cm³/mol. The molecule has 2 saturated heterocycles. The number of pyridine rings is 1. The highest BCUT2D eigenvalue weighted by molar-refractivity contribution is 7.91. The number of aryl methyl sites for hydroxylation is 1. The molecule has 0 spiro atoms. The summed E-state index contributed by atoms with van der Waals surface area (Å²) in [6.45, 7) is 8.88. The Labute approximate surface area is 270 Å². The number of hydrogen-bond acceptors (Lipinski definition) is 7. The first kappa shape index (κ1) is 32.7. The number of anilines is 1. The summed E-state index contributed by atoms with van der Waals surface area (Å²) in [7, 11) is -3.11. The van der Waals surface area contributed by atoms with Gasteiger partial charge in [0.15, 0.2) is 0 Å². The summed E-state index contributed by atoms with van der Waals surface area (Å²) in [6.07, 6.45) is 8.83. The highest BCUT2D eigenvalue weighted by Crippen LogP contribution is 2.43. The van der Waals surface area contributed by atoms with E-state index >= 15 is 8.78 Å². The van der Waals surface area contributed by atoms with Gasteiger partial charge < -0.3 is 10.2 Å². The molecule has 11 heteroatoms. The number of nitrogens with one attached hydrogen (secondary N) is 1. The van der Waals surface area contributed by atoms with Gasteiger partial charge in [0.2, 0.25) is 0 Å². The Balaban J connectivity index is 1.42. The van der Waals surface area contributed by atoms with Gasteiger partial charge in [-0.05, 0) is 87.6 Å². The van der Waals surface area contributed by atoms with Crippen LogP contribution < -0.4 is 10.9 Å². The van der Waals surface area contributed by atoms with Crippen molar-refractivity contribution >= 4 is 26.7 Å². The number of aromatic nitrogens is 3. The molecule has 46 heavy (non-hydrogen) atoms. The lowest BCUT2D eigenvalue weighted by molar-refractivity contribution is -0.0872. The summed E-state index contributed by atoms with van der Waals surface area (Å²) < 4.78 is 58.0. The van der Waals surface area contributed by atoms with Gasteiger partial charge in [0.05, 0.1) is 16.9 Å². The van der Waals surface area contributed by atoms with E-state index in [1.165, 1.54) is 12.4 Å². The first-order valence-electron chi connectivity index (χ1n) is 16.5. The lowest BCUT2D eigenvalue weighted by Gasteiger charge is -2.39. The minimum absolute atomic E-state index is 0.0318. The van der Waals surface area contributed by atoms with Crippen LogP contribution in [-0.2, 0) is 22.3 Å². The maximum Gasteiger partial charge on any atom is 0.276 e. The Morgan fingerprint density at radius 3 is 2.46 bits per heavy atom. The van der Waals surface area contributed by atoms with E-state index in [2.05, 4.69) is 46.2 Å². The third-order valence-electron chi connectivity index (χ3n) is 10.1. The van der Waals surface area contributed by atoms with Crippen LogP contribution in [0.3, 0.4) is 0 Å². The van der Waals surface area contributed by atoms with Crippen LogP contribution in [0, 0.1) is 11.3 Å². The van der Waals surface area contributed by atoms with Crippen LogP contribution in [0.2, 0.25) is 0 Å². The molecule has 1 aromatic carbocycles. The van der Waals surface area contributed by atoms with Crippen molar-refractivity contribution in [2.45, 2.75) is 83.7 Å². The molecule has 1 N–H and O–H groups in total. The molecule has 0 aliphatic carbocycles. The van der Waals surface area contributed by atoms with Crippen LogP contribution in [0.4, 0.5) is 14.6 Å². The van der Waals surface area contributed by atoms with Gasteiger partial charge in [-0.25, -0.2) is 27.2 Å². The number of benzene rings is 1. The topological polar surface area (TPSA) is 97.2 Å². The van der Waals surface area contributed by atoms with Crippen LogP contribution in [0.25, 0.3) is 11.0 Å². The van der Waals surface area contributed by atoms with Crippen molar-refractivity contribution in [3.8, 4) is 0 Å². The van der Waals surface area contributed by atoms with E-state index < -0.39 is 21.7 Å². The van der Waals surface area contributed by atoms with Crippen molar-refractivity contribution in [2.24, 2.45) is 11.3 Å². The Kier molecular flexibility index (Phi) is 9.10. The maximum absolute atomic E-state index is 16.0. The van der Waals surface area contributed by atoms with Gasteiger partial charge in [-0.3, -0.25) is 9.36 Å². The molecule has 4 aliphatic rings. The van der Waals surface area contributed by atoms with Crippen molar-refractivity contribution in [2.75, 3.05) is 36.5 Å². The van der Waals surface area contributed by atoms with Crippen molar-refractivity contribution in [1.29, 1.82) is 0 Å². The molecular weight excluding hydrogens is 608 g/mol. The summed E-state index contributed by atoms with van der Waals surface area (Å²) in [5.41, 5.74) is 1.62. The SMILES string of the molecule is C[C@H]1Nc2ncnc3c2cc(C2CCS(=O)(=O)CC2)c(=O)n3CC/C=C\CC(C)(C)CN2CCC(CC2)C(F)(F)c2cccc1c2. The van der Waals surface area contributed by atoms with Crippen LogP contribution in [0.15, 0.2) is 53.6 Å². The van der Waals surface area contributed by atoms with Gasteiger partial charge in [0.25, 0.3) is 11.5 Å². The second-order valence-electron chi connectivity index (χ2n) is 14.2. The standard InChI is InChI=1S/C35H45F2N5O3S/c1-24-26-8-7-9-28(20-26)35(36,37)27-10-16-41(17-11-27)22-34(2,3)14-5-4-6-15-42-32-30(31(40-24)38-23-39-32)21-29(33(42)43)25-12-18-46(44,45)19-13-25/h4-5,7-9,20-21,23-25,27H,6,10-19,22H2,1-3H3,(H,38,39,40)/b5-4-/t24-/m1/s1. The second kappa shape index (κ2) is 12.8. The van der Waals surface area contributed by atoms with E-state index in [9.17, 15) is 13.2 Å². The highest BCUT2D eigenvalue weighted by Gasteiger charge is 2.43. The number of halogens is 2. The third-order valence-corrected chi connectivity index (χ3v) is 11.9. The normalized spacial score (nSPS) is 27.5. The number of nitrogens with zero attached hydrogens (tertiary/aromatic N) is 4. The Morgan fingerprint density at radius 2 is 1.72 bits per heavy atom. The third kappa shape index (κ3) is 6.90. The van der Waals surface area contributed by atoms with E-state index in [4.69, 9.17) is 0 Å². The molecule has 8 nitrogen and oxygen atoms in total. The van der Waals surface area contributed by atoms with E-state index in [1.54, 1.807) is 16.7 Å². The Morgan fingerprint density at radius 1 is 0.978 bits per heavy atom. The average Bonchev–Trinajstić information content (AvgIpc) is 3.01. The van der Waals surface area contributed by atoms with Crippen molar-refractivity contribution in [3.63, 3.8) is 0 Å². The average molecular weight is 654 g/mol. The maximum atomic E-state index is 16.0. The molecule has 1 atom stereocenters. The minimum Gasteiger partial charge on any atom is -0.363 e. The molecule has 0 saturated carbocycles. The first-order chi connectivity index (χ1) is 21.8. The molecular formula is C35H45F2N5O3S. The fraction of sp³-hybridized carbons (Fsp3) is 0.571. The van der Waals surface area contributed by atoms with Crippen molar-refractivity contribution < 1.29 is 17.2 Å². The Hall–Kier alpha value is -3.18. The van der Waals surface area contributed by atoms with Gasteiger partial charge in [-0.2, -0.15) is 0 Å². The molecule has 0 unspecified atom stereocenters. The second-order valence-corrected chi connectivity index (χ2v) is 16.5. The number of rotatable bonds is 1. The van der Waals surface area contributed by atoms with Crippen LogP contribution in [0.1, 0.15) is 87.9 Å². The quantitative estimate of drug-likeness (QED) is 0.302. The summed E-state index contributed by atoms with van der Waals surface area (Å²) in [4.78, 5) is 25.4.